The van der Waals surface area contributed by atoms with E-state index in [4.69, 9.17) is 4.74 Å². The van der Waals surface area contributed by atoms with Gasteiger partial charge in [0.25, 0.3) is 0 Å². The first-order valence-corrected chi connectivity index (χ1v) is 6.80. The minimum absolute atomic E-state index is 0.614. The summed E-state index contributed by atoms with van der Waals surface area (Å²) < 4.78 is 6.94. The number of hydrogen-bond acceptors (Lipinski definition) is 4. The molecule has 1 heterocycles. The highest BCUT2D eigenvalue weighted by molar-refractivity contribution is 5.73. The topological polar surface area (TPSA) is 60.2 Å². The molecule has 0 fully saturated rings. The zero-order valence-corrected chi connectivity index (χ0v) is 12.8. The van der Waals surface area contributed by atoms with Crippen LogP contribution >= 0.6 is 0 Å². The minimum Gasteiger partial charge on any atom is -0.384 e. The predicted octanol–water partition coefficient (Wildman–Crippen LogP) is 2.37. The summed E-state index contributed by atoms with van der Waals surface area (Å²) in [4.78, 5) is 3.95. The number of aliphatic hydroxyl groups excluding tert-OH is 1. The Bertz CT molecular complexity index is 601. The molecule has 0 amide bonds. The first kappa shape index (κ1) is 15.4. The monoisotopic (exact) mass is 287 g/mol. The number of ether oxygens (including phenoxy) is 1. The van der Waals surface area contributed by atoms with E-state index in [0.29, 0.717) is 5.70 Å². The fourth-order valence-corrected chi connectivity index (χ4v) is 1.91. The summed E-state index contributed by atoms with van der Waals surface area (Å²) in [6.45, 7) is 5.70. The van der Waals surface area contributed by atoms with Gasteiger partial charge in [-0.3, -0.25) is 0 Å². The van der Waals surface area contributed by atoms with Gasteiger partial charge < -0.3 is 9.84 Å². The maximum Gasteiger partial charge on any atom is 0.138 e. The second-order valence-corrected chi connectivity index (χ2v) is 5.53. The molecule has 5 heteroatoms. The lowest BCUT2D eigenvalue weighted by Crippen LogP contribution is -2.40. The summed E-state index contributed by atoms with van der Waals surface area (Å²) in [5.74, 6) is 0. The Hall–Kier alpha value is -1.98. The van der Waals surface area contributed by atoms with Gasteiger partial charge in [-0.1, -0.05) is 29.8 Å². The summed E-state index contributed by atoms with van der Waals surface area (Å²) in [7, 11) is 1.58. The van der Waals surface area contributed by atoms with E-state index in [9.17, 15) is 5.11 Å². The van der Waals surface area contributed by atoms with Crippen molar-refractivity contribution < 1.29 is 9.84 Å². The van der Waals surface area contributed by atoms with Gasteiger partial charge in [0.1, 0.15) is 18.8 Å². The van der Waals surface area contributed by atoms with E-state index in [1.807, 2.05) is 51.1 Å². The van der Waals surface area contributed by atoms with Gasteiger partial charge in [-0.2, -0.15) is 5.10 Å². The van der Waals surface area contributed by atoms with Gasteiger partial charge in [-0.05, 0) is 32.4 Å². The molecule has 2 rings (SSSR count). The summed E-state index contributed by atoms with van der Waals surface area (Å²) in [6, 6.07) is 8.05. The molecule has 1 aromatic carbocycles. The van der Waals surface area contributed by atoms with Crippen molar-refractivity contribution in [2.24, 2.45) is 0 Å². The van der Waals surface area contributed by atoms with Gasteiger partial charge in [0.2, 0.25) is 0 Å². The quantitative estimate of drug-likeness (QED) is 0.917. The number of aryl methyl sites for hydroxylation is 1. The van der Waals surface area contributed by atoms with Crippen LogP contribution in [-0.4, -0.2) is 38.7 Å². The van der Waals surface area contributed by atoms with Crippen molar-refractivity contribution in [1.82, 2.24) is 14.8 Å². The van der Waals surface area contributed by atoms with Crippen molar-refractivity contribution in [3.05, 3.63) is 48.0 Å². The number of methoxy groups -OCH3 is 1. The van der Waals surface area contributed by atoms with Crippen molar-refractivity contribution in [2.75, 3.05) is 7.11 Å². The van der Waals surface area contributed by atoms with Crippen molar-refractivity contribution >= 4 is 11.8 Å². The van der Waals surface area contributed by atoms with Gasteiger partial charge in [0, 0.05) is 7.11 Å². The predicted molar refractivity (Wildman–Crippen MR) is 82.5 cm³/mol. The van der Waals surface area contributed by atoms with Gasteiger partial charge in [-0.15, -0.1) is 0 Å². The lowest BCUT2D eigenvalue weighted by molar-refractivity contribution is -0.0539. The van der Waals surface area contributed by atoms with Crippen LogP contribution in [0.1, 0.15) is 25.0 Å². The van der Waals surface area contributed by atoms with Crippen LogP contribution in [0.15, 0.2) is 36.9 Å². The molecule has 1 aromatic heterocycles. The molecule has 0 aliphatic heterocycles. The molecular weight excluding hydrogens is 266 g/mol. The molecular formula is C16H21N3O2. The van der Waals surface area contributed by atoms with Gasteiger partial charge in [0.15, 0.2) is 0 Å². The first-order valence-electron chi connectivity index (χ1n) is 6.80. The third-order valence-corrected chi connectivity index (χ3v) is 3.54. The van der Waals surface area contributed by atoms with Crippen molar-refractivity contribution in [3.8, 4) is 0 Å². The SMILES string of the molecule is COC(C)(C)C(O)/C(=C\c1ccc(C)cc1)n1cncn1. The number of rotatable bonds is 5. The van der Waals surface area contributed by atoms with E-state index in [1.165, 1.54) is 11.9 Å². The molecule has 112 valence electrons. The van der Waals surface area contributed by atoms with E-state index in [0.717, 1.165) is 5.56 Å². The lowest BCUT2D eigenvalue weighted by atomic mass is 9.97. The second-order valence-electron chi connectivity index (χ2n) is 5.53. The highest BCUT2D eigenvalue weighted by Gasteiger charge is 2.32. The lowest BCUT2D eigenvalue weighted by Gasteiger charge is -2.30. The summed E-state index contributed by atoms with van der Waals surface area (Å²) in [5, 5.41) is 14.8. The van der Waals surface area contributed by atoms with E-state index in [-0.39, 0.29) is 0 Å². The first-order chi connectivity index (χ1) is 9.94. The molecule has 0 aliphatic rings. The third-order valence-electron chi connectivity index (χ3n) is 3.54. The van der Waals surface area contributed by atoms with Crippen molar-refractivity contribution in [1.29, 1.82) is 0 Å². The Morgan fingerprint density at radius 2 is 2.00 bits per heavy atom. The summed E-state index contributed by atoms with van der Waals surface area (Å²) in [5.41, 5.74) is 2.05. The fraction of sp³-hybridized carbons (Fsp3) is 0.375. The molecule has 0 saturated carbocycles. The molecule has 21 heavy (non-hydrogen) atoms. The average molecular weight is 287 g/mol. The average Bonchev–Trinajstić information content (AvgIpc) is 3.00. The van der Waals surface area contributed by atoms with Crippen LogP contribution in [0.2, 0.25) is 0 Å². The van der Waals surface area contributed by atoms with E-state index in [1.54, 1.807) is 18.1 Å². The molecule has 5 nitrogen and oxygen atoms in total. The van der Waals surface area contributed by atoms with Crippen LogP contribution in [0.3, 0.4) is 0 Å². The van der Waals surface area contributed by atoms with Gasteiger partial charge >= 0.3 is 0 Å². The largest absolute Gasteiger partial charge is 0.384 e. The Morgan fingerprint density at radius 3 is 2.52 bits per heavy atom. The maximum atomic E-state index is 10.6. The van der Waals surface area contributed by atoms with Crippen molar-refractivity contribution in [3.63, 3.8) is 0 Å². The van der Waals surface area contributed by atoms with Gasteiger partial charge in [-0.25, -0.2) is 9.67 Å². The van der Waals surface area contributed by atoms with Crippen molar-refractivity contribution in [2.45, 2.75) is 32.5 Å². The molecule has 2 aromatic rings. The fourth-order valence-electron chi connectivity index (χ4n) is 1.91. The Morgan fingerprint density at radius 1 is 1.33 bits per heavy atom. The number of hydrogen-bond donors (Lipinski definition) is 1. The maximum absolute atomic E-state index is 10.6. The van der Waals surface area contributed by atoms with Crippen LogP contribution in [-0.2, 0) is 4.74 Å². The standard InChI is InChI=1S/C16H21N3O2/c1-12-5-7-13(8-6-12)9-14(19-11-17-10-18-19)15(20)16(2,3)21-4/h5-11,15,20H,1-4H3/b14-9+. The van der Waals surface area contributed by atoms with Crippen LogP contribution in [0.4, 0.5) is 0 Å². The Kier molecular flexibility index (Phi) is 4.55. The molecule has 0 radical (unpaired) electrons. The van der Waals surface area contributed by atoms with E-state index >= 15 is 0 Å². The normalized spacial score (nSPS) is 14.2. The minimum atomic E-state index is -0.842. The zero-order valence-electron chi connectivity index (χ0n) is 12.8. The smallest absolute Gasteiger partial charge is 0.138 e. The third kappa shape index (κ3) is 3.56. The van der Waals surface area contributed by atoms with E-state index < -0.39 is 11.7 Å². The molecule has 0 aliphatic carbocycles. The van der Waals surface area contributed by atoms with Crippen LogP contribution in [0, 0.1) is 6.92 Å². The van der Waals surface area contributed by atoms with Crippen LogP contribution in [0.25, 0.3) is 11.8 Å². The summed E-state index contributed by atoms with van der Waals surface area (Å²) >= 11 is 0. The number of aromatic nitrogens is 3. The number of nitrogens with zero attached hydrogens (tertiary/aromatic N) is 3. The summed E-state index contributed by atoms with van der Waals surface area (Å²) in [6.07, 6.45) is 4.05. The second kappa shape index (κ2) is 6.20. The van der Waals surface area contributed by atoms with Crippen LogP contribution < -0.4 is 0 Å². The van der Waals surface area contributed by atoms with Crippen LogP contribution in [0.5, 0.6) is 0 Å². The molecule has 1 N–H and O–H groups in total. The highest BCUT2D eigenvalue weighted by atomic mass is 16.5. The number of benzene rings is 1. The zero-order chi connectivity index (χ0) is 15.5. The molecule has 1 atom stereocenters. The molecule has 1 unspecified atom stereocenters. The highest BCUT2D eigenvalue weighted by Crippen LogP contribution is 2.25. The van der Waals surface area contributed by atoms with Gasteiger partial charge in [0.05, 0.1) is 11.3 Å². The molecule has 0 saturated heterocycles. The number of aliphatic hydroxyl groups is 1. The Balaban J connectivity index is 2.44. The molecule has 0 spiro atoms. The molecule has 0 bridgehead atoms. The Labute approximate surface area is 124 Å². The van der Waals surface area contributed by atoms with E-state index in [2.05, 4.69) is 10.1 Å².